The topological polar surface area (TPSA) is 81.7 Å². The Labute approximate surface area is 144 Å². The number of thiophene rings is 1. The number of rotatable bonds is 7. The highest BCUT2D eigenvalue weighted by atomic mass is 32.1. The number of carbonyl (C=O) groups is 3. The summed E-state index contributed by atoms with van der Waals surface area (Å²) in [5, 5.41) is 5.05. The van der Waals surface area contributed by atoms with Crippen LogP contribution in [0.25, 0.3) is 0 Å². The van der Waals surface area contributed by atoms with Gasteiger partial charge in [-0.1, -0.05) is 6.92 Å². The van der Waals surface area contributed by atoms with Crippen LogP contribution in [0.1, 0.15) is 54.9 Å². The molecule has 2 aliphatic carbocycles. The molecule has 24 heavy (non-hydrogen) atoms. The Morgan fingerprint density at radius 2 is 2.00 bits per heavy atom. The third-order valence-corrected chi connectivity index (χ3v) is 5.24. The summed E-state index contributed by atoms with van der Waals surface area (Å²) in [4.78, 5) is 35.9. The molecule has 7 heteroatoms. The fraction of sp³-hybridized carbons (Fsp3) is 0.588. The van der Waals surface area contributed by atoms with Crippen LogP contribution in [0, 0.1) is 11.8 Å². The number of amides is 1. The van der Waals surface area contributed by atoms with Gasteiger partial charge in [0.25, 0.3) is 5.91 Å². The second-order valence-corrected chi connectivity index (χ2v) is 7.24. The zero-order valence-corrected chi connectivity index (χ0v) is 14.6. The average molecular weight is 351 g/mol. The van der Waals surface area contributed by atoms with Crippen LogP contribution in [-0.2, 0) is 19.1 Å². The smallest absolute Gasteiger partial charge is 0.341 e. The molecule has 1 aromatic heterocycles. The Morgan fingerprint density at radius 3 is 2.58 bits per heavy atom. The Bertz CT molecular complexity index is 664. The highest BCUT2D eigenvalue weighted by Gasteiger charge is 2.40. The molecule has 2 atom stereocenters. The van der Waals surface area contributed by atoms with Crippen LogP contribution in [-0.4, -0.2) is 31.1 Å². The average Bonchev–Trinajstić information content (AvgIpc) is 3.46. The van der Waals surface area contributed by atoms with E-state index in [0.717, 1.165) is 24.8 Å². The van der Waals surface area contributed by atoms with Crippen molar-refractivity contribution in [1.29, 1.82) is 0 Å². The van der Waals surface area contributed by atoms with Crippen LogP contribution < -0.4 is 5.32 Å². The molecule has 2 saturated carbocycles. The van der Waals surface area contributed by atoms with E-state index < -0.39 is 11.9 Å². The van der Waals surface area contributed by atoms with Gasteiger partial charge in [0, 0.05) is 0 Å². The summed E-state index contributed by atoms with van der Waals surface area (Å²) in [5.41, 5.74) is 1.39. The second-order valence-electron chi connectivity index (χ2n) is 6.37. The standard InChI is InChI=1S/C17H21NO5S/c1-3-22-17(21)14-12(10-4-5-10)8-24-15(14)18-13(19)7-23-16(20)11-6-9(11)2/h8-11H,3-7H2,1-2H3,(H,18,19)/t9-,11-/m0/s1. The molecular formula is C17H21NO5S. The first kappa shape index (κ1) is 17.0. The number of carbonyl (C=O) groups excluding carboxylic acids is 3. The molecule has 0 unspecified atom stereocenters. The van der Waals surface area contributed by atoms with Gasteiger partial charge in [-0.05, 0) is 49.0 Å². The van der Waals surface area contributed by atoms with Crippen LogP contribution in [0.5, 0.6) is 0 Å². The molecule has 130 valence electrons. The van der Waals surface area contributed by atoms with Crippen LogP contribution in [0.3, 0.4) is 0 Å². The number of anilines is 1. The molecule has 0 saturated heterocycles. The molecule has 1 amide bonds. The lowest BCUT2D eigenvalue weighted by Gasteiger charge is -2.08. The summed E-state index contributed by atoms with van der Waals surface area (Å²) in [6.07, 6.45) is 2.92. The molecule has 1 heterocycles. The molecule has 2 fully saturated rings. The van der Waals surface area contributed by atoms with Crippen molar-refractivity contribution in [3.05, 3.63) is 16.5 Å². The zero-order chi connectivity index (χ0) is 17.3. The lowest BCUT2D eigenvalue weighted by molar-refractivity contribution is -0.148. The van der Waals surface area contributed by atoms with Gasteiger partial charge in [0.2, 0.25) is 0 Å². The predicted octanol–water partition coefficient (Wildman–Crippen LogP) is 2.94. The normalized spacial score (nSPS) is 21.9. The van der Waals surface area contributed by atoms with Crippen LogP contribution in [0.2, 0.25) is 0 Å². The SMILES string of the molecule is CCOC(=O)c1c(C2CC2)csc1NC(=O)COC(=O)[C@H]1C[C@@H]1C. The first-order valence-electron chi connectivity index (χ1n) is 8.26. The summed E-state index contributed by atoms with van der Waals surface area (Å²) in [6, 6.07) is 0. The van der Waals surface area contributed by atoms with E-state index in [1.54, 1.807) is 6.92 Å². The molecule has 0 aliphatic heterocycles. The van der Waals surface area contributed by atoms with Crippen molar-refractivity contribution in [2.24, 2.45) is 11.8 Å². The fourth-order valence-electron chi connectivity index (χ4n) is 2.63. The number of nitrogens with one attached hydrogen (secondary N) is 1. The minimum absolute atomic E-state index is 0.0731. The molecule has 6 nitrogen and oxygen atoms in total. The molecular weight excluding hydrogens is 330 g/mol. The molecule has 2 aliphatic rings. The van der Waals surface area contributed by atoms with E-state index in [2.05, 4.69) is 5.32 Å². The maximum absolute atomic E-state index is 12.2. The highest BCUT2D eigenvalue weighted by Crippen LogP contribution is 2.46. The molecule has 0 radical (unpaired) electrons. The molecule has 1 N–H and O–H groups in total. The molecule has 0 spiro atoms. The van der Waals surface area contributed by atoms with E-state index in [9.17, 15) is 14.4 Å². The van der Waals surface area contributed by atoms with Crippen molar-refractivity contribution in [2.75, 3.05) is 18.5 Å². The fourth-order valence-corrected chi connectivity index (χ4v) is 3.68. The van der Waals surface area contributed by atoms with Gasteiger partial charge in [0.1, 0.15) is 5.00 Å². The largest absolute Gasteiger partial charge is 0.462 e. The van der Waals surface area contributed by atoms with Gasteiger partial charge in [0.15, 0.2) is 6.61 Å². The van der Waals surface area contributed by atoms with E-state index in [4.69, 9.17) is 9.47 Å². The third-order valence-electron chi connectivity index (χ3n) is 4.33. The molecule has 0 bridgehead atoms. The van der Waals surface area contributed by atoms with Gasteiger partial charge in [-0.25, -0.2) is 4.79 Å². The Balaban J connectivity index is 1.62. The zero-order valence-electron chi connectivity index (χ0n) is 13.8. The van der Waals surface area contributed by atoms with Gasteiger partial charge in [-0.2, -0.15) is 0 Å². The van der Waals surface area contributed by atoms with E-state index in [0.29, 0.717) is 22.4 Å². The number of hydrogen-bond donors (Lipinski definition) is 1. The van der Waals surface area contributed by atoms with Crippen LogP contribution >= 0.6 is 11.3 Å². The highest BCUT2D eigenvalue weighted by molar-refractivity contribution is 7.15. The summed E-state index contributed by atoms with van der Waals surface area (Å²) in [7, 11) is 0. The minimum Gasteiger partial charge on any atom is -0.462 e. The van der Waals surface area contributed by atoms with Crippen molar-refractivity contribution < 1.29 is 23.9 Å². The lowest BCUT2D eigenvalue weighted by Crippen LogP contribution is -2.22. The summed E-state index contributed by atoms with van der Waals surface area (Å²) >= 11 is 1.31. The van der Waals surface area contributed by atoms with Gasteiger partial charge in [0.05, 0.1) is 18.1 Å². The van der Waals surface area contributed by atoms with Crippen molar-refractivity contribution >= 4 is 34.2 Å². The molecule has 0 aromatic carbocycles. The van der Waals surface area contributed by atoms with Crippen molar-refractivity contribution in [2.45, 2.75) is 39.0 Å². The van der Waals surface area contributed by atoms with Crippen LogP contribution in [0.15, 0.2) is 5.38 Å². The summed E-state index contributed by atoms with van der Waals surface area (Å²) < 4.78 is 10.1. The van der Waals surface area contributed by atoms with Gasteiger partial charge >= 0.3 is 11.9 Å². The third kappa shape index (κ3) is 3.77. The number of hydrogen-bond acceptors (Lipinski definition) is 6. The Hall–Kier alpha value is -1.89. The molecule has 1 aromatic rings. The van der Waals surface area contributed by atoms with Crippen LogP contribution in [0.4, 0.5) is 5.00 Å². The van der Waals surface area contributed by atoms with E-state index in [1.807, 2.05) is 12.3 Å². The first-order valence-corrected chi connectivity index (χ1v) is 9.14. The maximum atomic E-state index is 12.2. The minimum atomic E-state index is -0.439. The second kappa shape index (κ2) is 6.93. The Morgan fingerprint density at radius 1 is 1.29 bits per heavy atom. The lowest BCUT2D eigenvalue weighted by atomic mass is 10.1. The number of esters is 2. The molecule has 3 rings (SSSR count). The maximum Gasteiger partial charge on any atom is 0.341 e. The van der Waals surface area contributed by atoms with E-state index in [-0.39, 0.29) is 25.1 Å². The quantitative estimate of drug-likeness (QED) is 0.764. The van der Waals surface area contributed by atoms with E-state index in [1.165, 1.54) is 11.3 Å². The van der Waals surface area contributed by atoms with Crippen molar-refractivity contribution in [1.82, 2.24) is 0 Å². The summed E-state index contributed by atoms with van der Waals surface area (Å²) in [6.45, 7) is 3.67. The first-order chi connectivity index (χ1) is 11.5. The predicted molar refractivity (Wildman–Crippen MR) is 89.1 cm³/mol. The summed E-state index contributed by atoms with van der Waals surface area (Å²) in [5.74, 6) is -0.537. The van der Waals surface area contributed by atoms with Gasteiger partial charge in [-0.3, -0.25) is 9.59 Å². The monoisotopic (exact) mass is 351 g/mol. The van der Waals surface area contributed by atoms with Crippen molar-refractivity contribution in [3.8, 4) is 0 Å². The van der Waals surface area contributed by atoms with Crippen molar-refractivity contribution in [3.63, 3.8) is 0 Å². The number of ether oxygens (including phenoxy) is 2. The Kier molecular flexibility index (Phi) is 4.89. The van der Waals surface area contributed by atoms with Gasteiger partial charge in [-0.15, -0.1) is 11.3 Å². The van der Waals surface area contributed by atoms with E-state index >= 15 is 0 Å². The van der Waals surface area contributed by atoms with Gasteiger partial charge < -0.3 is 14.8 Å².